The summed E-state index contributed by atoms with van der Waals surface area (Å²) in [5.74, 6) is -0.495. The molecule has 0 aliphatic rings. The van der Waals surface area contributed by atoms with E-state index in [9.17, 15) is 9.59 Å². The Kier molecular flexibility index (Phi) is 4.31. The first-order valence-electron chi connectivity index (χ1n) is 5.68. The Hall–Kier alpha value is -2.42. The number of para-hydroxylation sites is 1. The fourth-order valence-electron chi connectivity index (χ4n) is 1.42. The molecular formula is C11H12N6O2S. The number of imide groups is 1. The third-order valence-electron chi connectivity index (χ3n) is 2.34. The molecular weight excluding hydrogens is 280 g/mol. The molecule has 3 N–H and O–H groups in total. The molecule has 1 atom stereocenters. The lowest BCUT2D eigenvalue weighted by Crippen LogP contribution is -2.39. The predicted molar refractivity (Wildman–Crippen MR) is 72.2 cm³/mol. The third-order valence-corrected chi connectivity index (χ3v) is 3.37. The van der Waals surface area contributed by atoms with Gasteiger partial charge in [0.2, 0.25) is 11.1 Å². The van der Waals surface area contributed by atoms with Crippen molar-refractivity contribution in [2.45, 2.75) is 17.3 Å². The number of amides is 3. The van der Waals surface area contributed by atoms with Crippen LogP contribution < -0.4 is 11.1 Å². The van der Waals surface area contributed by atoms with Crippen molar-refractivity contribution in [3.63, 3.8) is 0 Å². The van der Waals surface area contributed by atoms with Crippen LogP contribution in [0.2, 0.25) is 0 Å². The number of carbonyl (C=O) groups is 2. The van der Waals surface area contributed by atoms with Crippen LogP contribution in [0.1, 0.15) is 6.92 Å². The summed E-state index contributed by atoms with van der Waals surface area (Å²) in [7, 11) is 0. The predicted octanol–water partition coefficient (Wildman–Crippen LogP) is 0.338. The van der Waals surface area contributed by atoms with Gasteiger partial charge in [0, 0.05) is 0 Å². The van der Waals surface area contributed by atoms with E-state index in [0.717, 1.165) is 17.4 Å². The van der Waals surface area contributed by atoms with Gasteiger partial charge in [-0.3, -0.25) is 10.1 Å². The van der Waals surface area contributed by atoms with Gasteiger partial charge in [0.15, 0.2) is 0 Å². The summed E-state index contributed by atoms with van der Waals surface area (Å²) < 4.78 is 1.51. The number of primary amides is 1. The summed E-state index contributed by atoms with van der Waals surface area (Å²) in [6, 6.07) is 8.39. The average Bonchev–Trinajstić information content (AvgIpc) is 2.87. The molecule has 2 rings (SSSR count). The zero-order chi connectivity index (χ0) is 14.5. The van der Waals surface area contributed by atoms with E-state index < -0.39 is 17.2 Å². The van der Waals surface area contributed by atoms with E-state index in [0.29, 0.717) is 5.16 Å². The lowest BCUT2D eigenvalue weighted by atomic mass is 10.3. The lowest BCUT2D eigenvalue weighted by molar-refractivity contribution is -0.119. The Labute approximate surface area is 118 Å². The minimum Gasteiger partial charge on any atom is -0.351 e. The Morgan fingerprint density at radius 2 is 2.05 bits per heavy atom. The third kappa shape index (κ3) is 3.32. The van der Waals surface area contributed by atoms with Gasteiger partial charge < -0.3 is 5.73 Å². The maximum absolute atomic E-state index is 11.6. The first-order valence-corrected chi connectivity index (χ1v) is 6.56. The quantitative estimate of drug-likeness (QED) is 0.785. The molecule has 0 unspecified atom stereocenters. The maximum atomic E-state index is 11.6. The van der Waals surface area contributed by atoms with E-state index >= 15 is 0 Å². The normalized spacial score (nSPS) is 11.8. The van der Waals surface area contributed by atoms with Crippen LogP contribution in [-0.4, -0.2) is 37.4 Å². The highest BCUT2D eigenvalue weighted by Crippen LogP contribution is 2.22. The first kappa shape index (κ1) is 14.0. The maximum Gasteiger partial charge on any atom is 0.318 e. The number of urea groups is 1. The number of nitrogens with zero attached hydrogens (tertiary/aromatic N) is 4. The van der Waals surface area contributed by atoms with Gasteiger partial charge in [0.25, 0.3) is 0 Å². The fraction of sp³-hybridized carbons (Fsp3) is 0.182. The van der Waals surface area contributed by atoms with Gasteiger partial charge in [0.05, 0.1) is 10.9 Å². The van der Waals surface area contributed by atoms with Gasteiger partial charge in [-0.25, -0.2) is 4.79 Å². The van der Waals surface area contributed by atoms with Crippen molar-refractivity contribution in [3.05, 3.63) is 30.3 Å². The fourth-order valence-corrected chi connectivity index (χ4v) is 2.23. The highest BCUT2D eigenvalue weighted by molar-refractivity contribution is 8.00. The molecule has 0 radical (unpaired) electrons. The van der Waals surface area contributed by atoms with Gasteiger partial charge in [-0.15, -0.1) is 5.10 Å². The zero-order valence-corrected chi connectivity index (χ0v) is 11.4. The molecule has 1 aromatic heterocycles. The smallest absolute Gasteiger partial charge is 0.318 e. The molecule has 3 amide bonds. The van der Waals surface area contributed by atoms with Crippen LogP contribution in [0.4, 0.5) is 4.79 Å². The molecule has 1 heterocycles. The van der Waals surface area contributed by atoms with Crippen molar-refractivity contribution in [1.82, 2.24) is 25.5 Å². The molecule has 20 heavy (non-hydrogen) atoms. The summed E-state index contributed by atoms with van der Waals surface area (Å²) in [6.45, 7) is 1.63. The van der Waals surface area contributed by atoms with Crippen LogP contribution in [0.15, 0.2) is 35.5 Å². The highest BCUT2D eigenvalue weighted by atomic mass is 32.2. The Bertz CT molecular complexity index is 614. The number of nitrogens with one attached hydrogen (secondary N) is 1. The zero-order valence-electron chi connectivity index (χ0n) is 10.6. The number of nitrogens with two attached hydrogens (primary N) is 1. The number of thioether (sulfide) groups is 1. The second-order valence-electron chi connectivity index (χ2n) is 3.82. The van der Waals surface area contributed by atoms with Gasteiger partial charge in [0.1, 0.15) is 0 Å². The van der Waals surface area contributed by atoms with Crippen molar-refractivity contribution in [3.8, 4) is 5.69 Å². The van der Waals surface area contributed by atoms with Crippen LogP contribution in [0.3, 0.4) is 0 Å². The number of tetrazole rings is 1. The number of hydrogen-bond donors (Lipinski definition) is 2. The molecule has 0 fully saturated rings. The molecule has 104 valence electrons. The minimum atomic E-state index is -0.884. The Morgan fingerprint density at radius 3 is 2.70 bits per heavy atom. The lowest BCUT2D eigenvalue weighted by Gasteiger charge is -2.09. The van der Waals surface area contributed by atoms with Crippen LogP contribution in [-0.2, 0) is 4.79 Å². The van der Waals surface area contributed by atoms with E-state index in [1.807, 2.05) is 35.6 Å². The number of rotatable bonds is 4. The van der Waals surface area contributed by atoms with Crippen molar-refractivity contribution in [2.24, 2.45) is 5.73 Å². The Balaban J connectivity index is 2.13. The van der Waals surface area contributed by atoms with Crippen LogP contribution in [0.5, 0.6) is 0 Å². The van der Waals surface area contributed by atoms with Gasteiger partial charge >= 0.3 is 6.03 Å². The summed E-state index contributed by atoms with van der Waals surface area (Å²) in [5.41, 5.74) is 5.68. The van der Waals surface area contributed by atoms with Crippen molar-refractivity contribution in [2.75, 3.05) is 0 Å². The monoisotopic (exact) mass is 292 g/mol. The van der Waals surface area contributed by atoms with E-state index in [-0.39, 0.29) is 0 Å². The first-order chi connectivity index (χ1) is 9.58. The van der Waals surface area contributed by atoms with Crippen LogP contribution in [0, 0.1) is 0 Å². The van der Waals surface area contributed by atoms with Gasteiger partial charge in [-0.1, -0.05) is 30.0 Å². The number of carbonyl (C=O) groups excluding carboxylic acids is 2. The topological polar surface area (TPSA) is 116 Å². The molecule has 0 aliphatic carbocycles. The van der Waals surface area contributed by atoms with E-state index in [4.69, 9.17) is 5.73 Å². The van der Waals surface area contributed by atoms with E-state index in [1.165, 1.54) is 4.68 Å². The number of benzene rings is 1. The molecule has 1 aromatic carbocycles. The highest BCUT2D eigenvalue weighted by Gasteiger charge is 2.19. The molecule has 0 saturated carbocycles. The molecule has 9 heteroatoms. The van der Waals surface area contributed by atoms with Crippen LogP contribution >= 0.6 is 11.8 Å². The second-order valence-corrected chi connectivity index (χ2v) is 5.13. The largest absolute Gasteiger partial charge is 0.351 e. The Morgan fingerprint density at radius 1 is 1.35 bits per heavy atom. The summed E-state index contributed by atoms with van der Waals surface area (Å²) in [5, 5.41) is 13.2. The van der Waals surface area contributed by atoms with Crippen molar-refractivity contribution >= 4 is 23.7 Å². The van der Waals surface area contributed by atoms with Crippen molar-refractivity contribution in [1.29, 1.82) is 0 Å². The molecule has 2 aromatic rings. The van der Waals surface area contributed by atoms with E-state index in [2.05, 4.69) is 15.5 Å². The SMILES string of the molecule is C[C@H](Sc1nnnn1-c1ccccc1)C(=O)NC(N)=O. The molecule has 0 saturated heterocycles. The van der Waals surface area contributed by atoms with Gasteiger partial charge in [-0.2, -0.15) is 4.68 Å². The van der Waals surface area contributed by atoms with Crippen molar-refractivity contribution < 1.29 is 9.59 Å². The summed E-state index contributed by atoms with van der Waals surface area (Å²) in [4.78, 5) is 22.3. The molecule has 8 nitrogen and oxygen atoms in total. The summed E-state index contributed by atoms with van der Waals surface area (Å²) >= 11 is 1.13. The van der Waals surface area contributed by atoms with Crippen LogP contribution in [0.25, 0.3) is 5.69 Å². The molecule has 0 bridgehead atoms. The average molecular weight is 292 g/mol. The molecule has 0 spiro atoms. The number of aromatic nitrogens is 4. The van der Waals surface area contributed by atoms with Gasteiger partial charge in [-0.05, 0) is 29.5 Å². The second kappa shape index (κ2) is 6.15. The molecule has 0 aliphatic heterocycles. The standard InChI is InChI=1S/C11H12N6O2S/c1-7(9(18)13-10(12)19)20-11-14-15-16-17(11)8-5-3-2-4-6-8/h2-7H,1H3,(H3,12,13,18,19)/t7-/m0/s1. The van der Waals surface area contributed by atoms with E-state index in [1.54, 1.807) is 6.92 Å². The summed E-state index contributed by atoms with van der Waals surface area (Å²) in [6.07, 6.45) is 0. The number of hydrogen-bond acceptors (Lipinski definition) is 6. The minimum absolute atomic E-state index is 0.448.